The van der Waals surface area contributed by atoms with Gasteiger partial charge in [-0.05, 0) is 29.3 Å². The predicted molar refractivity (Wildman–Crippen MR) is 71.3 cm³/mol. The minimum Gasteiger partial charge on any atom is -0.378 e. The number of aromatic nitrogens is 2. The standard InChI is InChI=1S/C11H17BrN4O/c1-7-8(3-4-17-7)5-14-11-9(12)10(13-2)15-6-16-11/h6-8H,3-5H2,1-2H3,(H2,13,14,15,16). The molecule has 0 aliphatic carbocycles. The molecule has 6 heteroatoms. The second kappa shape index (κ2) is 5.64. The van der Waals surface area contributed by atoms with Crippen molar-refractivity contribution in [2.24, 2.45) is 5.92 Å². The fraction of sp³-hybridized carbons (Fsp3) is 0.636. The lowest BCUT2D eigenvalue weighted by Gasteiger charge is -2.16. The van der Waals surface area contributed by atoms with Gasteiger partial charge in [-0.3, -0.25) is 0 Å². The lowest BCUT2D eigenvalue weighted by molar-refractivity contribution is 0.108. The quantitative estimate of drug-likeness (QED) is 0.892. The molecule has 2 N–H and O–H groups in total. The van der Waals surface area contributed by atoms with Gasteiger partial charge in [-0.15, -0.1) is 0 Å². The molecule has 5 nitrogen and oxygen atoms in total. The van der Waals surface area contributed by atoms with Crippen LogP contribution in [-0.4, -0.2) is 36.3 Å². The topological polar surface area (TPSA) is 59.1 Å². The van der Waals surface area contributed by atoms with E-state index in [-0.39, 0.29) is 0 Å². The molecule has 0 bridgehead atoms. The first-order valence-corrected chi connectivity index (χ1v) is 6.55. The monoisotopic (exact) mass is 300 g/mol. The van der Waals surface area contributed by atoms with Gasteiger partial charge in [0.25, 0.3) is 0 Å². The highest BCUT2D eigenvalue weighted by Gasteiger charge is 2.24. The molecule has 1 aliphatic heterocycles. The summed E-state index contributed by atoms with van der Waals surface area (Å²) in [6.45, 7) is 3.85. The third-order valence-electron chi connectivity index (χ3n) is 3.09. The molecule has 0 aromatic carbocycles. The zero-order valence-electron chi connectivity index (χ0n) is 10.0. The molecule has 0 amide bonds. The summed E-state index contributed by atoms with van der Waals surface area (Å²) < 4.78 is 6.40. The number of hydrogen-bond acceptors (Lipinski definition) is 5. The van der Waals surface area contributed by atoms with Crippen LogP contribution in [0.15, 0.2) is 10.8 Å². The minimum absolute atomic E-state index is 0.326. The highest BCUT2D eigenvalue weighted by molar-refractivity contribution is 9.10. The fourth-order valence-corrected chi connectivity index (χ4v) is 2.48. The van der Waals surface area contributed by atoms with Gasteiger partial charge in [-0.1, -0.05) is 0 Å². The Bertz CT molecular complexity index is 388. The van der Waals surface area contributed by atoms with Gasteiger partial charge in [-0.25, -0.2) is 9.97 Å². The van der Waals surface area contributed by atoms with E-state index in [0.717, 1.165) is 35.7 Å². The highest BCUT2D eigenvalue weighted by Crippen LogP contribution is 2.27. The lowest BCUT2D eigenvalue weighted by Crippen LogP contribution is -2.21. The Morgan fingerprint density at radius 3 is 2.88 bits per heavy atom. The van der Waals surface area contributed by atoms with Crippen LogP contribution in [0.25, 0.3) is 0 Å². The first-order valence-electron chi connectivity index (χ1n) is 5.76. The van der Waals surface area contributed by atoms with Crippen molar-refractivity contribution in [2.45, 2.75) is 19.4 Å². The van der Waals surface area contributed by atoms with Crippen LogP contribution in [0.4, 0.5) is 11.6 Å². The van der Waals surface area contributed by atoms with Crippen molar-refractivity contribution in [1.29, 1.82) is 0 Å². The van der Waals surface area contributed by atoms with E-state index in [1.54, 1.807) is 6.33 Å². The van der Waals surface area contributed by atoms with Crippen LogP contribution in [0, 0.1) is 5.92 Å². The van der Waals surface area contributed by atoms with Crippen molar-refractivity contribution in [3.05, 3.63) is 10.8 Å². The van der Waals surface area contributed by atoms with E-state index in [1.807, 2.05) is 7.05 Å². The molecular formula is C11H17BrN4O. The van der Waals surface area contributed by atoms with Crippen LogP contribution < -0.4 is 10.6 Å². The van der Waals surface area contributed by atoms with Crippen molar-refractivity contribution < 1.29 is 4.74 Å². The van der Waals surface area contributed by atoms with Gasteiger partial charge in [0, 0.05) is 26.1 Å². The van der Waals surface area contributed by atoms with E-state index < -0.39 is 0 Å². The van der Waals surface area contributed by atoms with Crippen LogP contribution >= 0.6 is 15.9 Å². The molecule has 1 aromatic heterocycles. The van der Waals surface area contributed by atoms with Crippen LogP contribution in [0.3, 0.4) is 0 Å². The summed E-state index contributed by atoms with van der Waals surface area (Å²) in [4.78, 5) is 8.34. The normalized spacial score (nSPS) is 23.7. The molecule has 0 saturated carbocycles. The SMILES string of the molecule is CNc1ncnc(NCC2CCOC2C)c1Br. The average Bonchev–Trinajstić information content (AvgIpc) is 2.74. The van der Waals surface area contributed by atoms with Crippen molar-refractivity contribution in [3.8, 4) is 0 Å². The van der Waals surface area contributed by atoms with Gasteiger partial charge in [0.05, 0.1) is 6.10 Å². The van der Waals surface area contributed by atoms with Gasteiger partial charge >= 0.3 is 0 Å². The Morgan fingerprint density at radius 2 is 2.24 bits per heavy atom. The number of halogens is 1. The van der Waals surface area contributed by atoms with Gasteiger partial charge < -0.3 is 15.4 Å². The van der Waals surface area contributed by atoms with Crippen LogP contribution in [0.5, 0.6) is 0 Å². The smallest absolute Gasteiger partial charge is 0.145 e. The van der Waals surface area contributed by atoms with E-state index in [0.29, 0.717) is 12.0 Å². The third-order valence-corrected chi connectivity index (χ3v) is 3.84. The second-order valence-electron chi connectivity index (χ2n) is 4.14. The molecule has 2 unspecified atom stereocenters. The molecule has 1 saturated heterocycles. The van der Waals surface area contributed by atoms with Crippen molar-refractivity contribution in [1.82, 2.24) is 9.97 Å². The molecule has 2 rings (SSSR count). The summed E-state index contributed by atoms with van der Waals surface area (Å²) in [5.41, 5.74) is 0. The zero-order chi connectivity index (χ0) is 12.3. The Labute approximate surface area is 110 Å². The van der Waals surface area contributed by atoms with E-state index in [2.05, 4.69) is 43.5 Å². The molecule has 17 heavy (non-hydrogen) atoms. The summed E-state index contributed by atoms with van der Waals surface area (Å²) in [6.07, 6.45) is 2.98. The summed E-state index contributed by atoms with van der Waals surface area (Å²) in [7, 11) is 1.84. The summed E-state index contributed by atoms with van der Waals surface area (Å²) in [6, 6.07) is 0. The summed E-state index contributed by atoms with van der Waals surface area (Å²) in [5.74, 6) is 2.16. The van der Waals surface area contributed by atoms with Crippen LogP contribution in [0.1, 0.15) is 13.3 Å². The maximum atomic E-state index is 5.53. The highest BCUT2D eigenvalue weighted by atomic mass is 79.9. The Kier molecular flexibility index (Phi) is 4.17. The van der Waals surface area contributed by atoms with Gasteiger partial charge in [0.1, 0.15) is 22.4 Å². The molecule has 94 valence electrons. The Balaban J connectivity index is 1.99. The van der Waals surface area contributed by atoms with E-state index >= 15 is 0 Å². The van der Waals surface area contributed by atoms with Crippen LogP contribution in [0.2, 0.25) is 0 Å². The predicted octanol–water partition coefficient (Wildman–Crippen LogP) is 2.12. The van der Waals surface area contributed by atoms with Crippen molar-refractivity contribution in [3.63, 3.8) is 0 Å². The van der Waals surface area contributed by atoms with Gasteiger partial charge in [0.2, 0.25) is 0 Å². The summed E-state index contributed by atoms with van der Waals surface area (Å²) in [5, 5.41) is 6.35. The maximum Gasteiger partial charge on any atom is 0.145 e. The molecule has 1 aliphatic rings. The van der Waals surface area contributed by atoms with Crippen molar-refractivity contribution >= 4 is 27.6 Å². The number of ether oxygens (including phenoxy) is 1. The number of hydrogen-bond donors (Lipinski definition) is 2. The van der Waals surface area contributed by atoms with E-state index in [9.17, 15) is 0 Å². The fourth-order valence-electron chi connectivity index (χ4n) is 1.94. The van der Waals surface area contributed by atoms with E-state index in [1.165, 1.54) is 0 Å². The second-order valence-corrected chi connectivity index (χ2v) is 4.93. The van der Waals surface area contributed by atoms with E-state index in [4.69, 9.17) is 4.74 Å². The Morgan fingerprint density at radius 1 is 1.47 bits per heavy atom. The first kappa shape index (κ1) is 12.6. The molecule has 0 radical (unpaired) electrons. The van der Waals surface area contributed by atoms with Crippen molar-refractivity contribution in [2.75, 3.05) is 30.8 Å². The largest absolute Gasteiger partial charge is 0.378 e. The molecule has 2 atom stereocenters. The van der Waals surface area contributed by atoms with Gasteiger partial charge in [0.15, 0.2) is 0 Å². The number of anilines is 2. The summed E-state index contributed by atoms with van der Waals surface area (Å²) >= 11 is 3.48. The molecule has 0 spiro atoms. The zero-order valence-corrected chi connectivity index (χ0v) is 11.6. The maximum absolute atomic E-state index is 5.53. The number of rotatable bonds is 4. The molecule has 2 heterocycles. The average molecular weight is 301 g/mol. The Hall–Kier alpha value is -0.880. The number of nitrogens with one attached hydrogen (secondary N) is 2. The van der Waals surface area contributed by atoms with Gasteiger partial charge in [-0.2, -0.15) is 0 Å². The first-order chi connectivity index (χ1) is 8.22. The van der Waals surface area contributed by atoms with Crippen LogP contribution in [-0.2, 0) is 4.74 Å². The molecule has 1 aromatic rings. The molecule has 1 fully saturated rings. The minimum atomic E-state index is 0.326. The lowest BCUT2D eigenvalue weighted by atomic mass is 10.0. The number of nitrogens with zero attached hydrogens (tertiary/aromatic N) is 2. The third kappa shape index (κ3) is 2.87. The molecular weight excluding hydrogens is 284 g/mol.